The number of rotatable bonds is 8. The Morgan fingerprint density at radius 3 is 1.86 bits per heavy atom. The summed E-state index contributed by atoms with van der Waals surface area (Å²) in [6.45, 7) is 9.64. The van der Waals surface area contributed by atoms with Crippen LogP contribution in [0.5, 0.6) is 0 Å². The molecule has 0 saturated carbocycles. The van der Waals surface area contributed by atoms with E-state index >= 15 is 0 Å². The second kappa shape index (κ2) is 8.15. The normalized spacial score (nSPS) is 14.2. The third-order valence-electron chi connectivity index (χ3n) is 3.00. The number of unbranched alkanes of at least 4 members (excludes halogenated alkanes) is 3. The van der Waals surface area contributed by atoms with Gasteiger partial charge in [-0.25, -0.2) is 4.79 Å². The number of hydrogen-bond acceptors (Lipinski definition) is 5. The van der Waals surface area contributed by atoms with Gasteiger partial charge < -0.3 is 9.47 Å². The summed E-state index contributed by atoms with van der Waals surface area (Å²) in [5, 5.41) is 0. The Labute approximate surface area is 127 Å². The monoisotopic (exact) mass is 300 g/mol. The van der Waals surface area contributed by atoms with Crippen LogP contribution < -0.4 is 0 Å². The van der Waals surface area contributed by atoms with E-state index in [-0.39, 0.29) is 6.42 Å². The third kappa shape index (κ3) is 6.74. The van der Waals surface area contributed by atoms with Gasteiger partial charge in [-0.1, -0.05) is 26.2 Å². The first-order chi connectivity index (χ1) is 9.55. The molecule has 1 unspecified atom stereocenters. The fraction of sp³-hybridized carbons (Fsp3) is 0.812. The van der Waals surface area contributed by atoms with Crippen molar-refractivity contribution in [1.29, 1.82) is 0 Å². The minimum Gasteiger partial charge on any atom is -0.457 e. The van der Waals surface area contributed by atoms with Crippen LogP contribution in [0.25, 0.3) is 0 Å². The van der Waals surface area contributed by atoms with Crippen LogP contribution >= 0.6 is 0 Å². The first-order valence-corrected chi connectivity index (χ1v) is 7.49. The molecular formula is C16H28O5. The lowest BCUT2D eigenvalue weighted by atomic mass is 9.91. The molecule has 0 heterocycles. The molecule has 0 bridgehead atoms. The molecule has 0 aromatic carbocycles. The second-order valence-electron chi connectivity index (χ2n) is 6.29. The fourth-order valence-corrected chi connectivity index (χ4v) is 1.99. The van der Waals surface area contributed by atoms with E-state index in [0.29, 0.717) is 6.42 Å². The van der Waals surface area contributed by atoms with Crippen molar-refractivity contribution in [2.75, 3.05) is 0 Å². The van der Waals surface area contributed by atoms with E-state index in [1.165, 1.54) is 13.8 Å². The van der Waals surface area contributed by atoms with Crippen molar-refractivity contribution < 1.29 is 23.9 Å². The van der Waals surface area contributed by atoms with Gasteiger partial charge in [0.15, 0.2) is 5.78 Å². The molecule has 0 aliphatic rings. The molecule has 1 atom stereocenters. The molecule has 0 radical (unpaired) electrons. The lowest BCUT2D eigenvalue weighted by Crippen LogP contribution is -2.52. The SMILES string of the molecule is CCCCCCC(OC(C)=O)(C(C)=O)C(=O)OC(C)(C)C. The molecule has 5 heteroatoms. The van der Waals surface area contributed by atoms with Gasteiger partial charge >= 0.3 is 11.9 Å². The molecule has 0 amide bonds. The molecule has 0 spiro atoms. The van der Waals surface area contributed by atoms with Crippen LogP contribution in [0, 0.1) is 0 Å². The van der Waals surface area contributed by atoms with E-state index in [4.69, 9.17) is 9.47 Å². The molecule has 21 heavy (non-hydrogen) atoms. The molecule has 0 saturated heterocycles. The van der Waals surface area contributed by atoms with Crippen LogP contribution in [0.2, 0.25) is 0 Å². The zero-order valence-corrected chi connectivity index (χ0v) is 14.1. The Balaban J connectivity index is 5.23. The molecule has 0 aliphatic heterocycles. The van der Waals surface area contributed by atoms with Crippen molar-refractivity contribution in [1.82, 2.24) is 0 Å². The van der Waals surface area contributed by atoms with Crippen molar-refractivity contribution in [3.8, 4) is 0 Å². The highest BCUT2D eigenvalue weighted by Gasteiger charge is 2.49. The Morgan fingerprint density at radius 2 is 1.48 bits per heavy atom. The average Bonchev–Trinajstić information content (AvgIpc) is 2.29. The Morgan fingerprint density at radius 1 is 0.905 bits per heavy atom. The molecule has 0 fully saturated rings. The van der Waals surface area contributed by atoms with E-state index in [9.17, 15) is 14.4 Å². The lowest BCUT2D eigenvalue weighted by Gasteiger charge is -2.31. The van der Waals surface area contributed by atoms with E-state index in [1.807, 2.05) is 0 Å². The molecule has 0 aromatic rings. The smallest absolute Gasteiger partial charge is 0.359 e. The lowest BCUT2D eigenvalue weighted by molar-refractivity contribution is -0.192. The molecule has 5 nitrogen and oxygen atoms in total. The zero-order chi connectivity index (χ0) is 16.7. The predicted molar refractivity (Wildman–Crippen MR) is 79.8 cm³/mol. The Bertz CT molecular complexity index is 381. The van der Waals surface area contributed by atoms with Crippen molar-refractivity contribution >= 4 is 17.7 Å². The van der Waals surface area contributed by atoms with E-state index < -0.39 is 28.9 Å². The highest BCUT2D eigenvalue weighted by molar-refractivity contribution is 6.07. The van der Waals surface area contributed by atoms with Crippen LogP contribution in [0.3, 0.4) is 0 Å². The van der Waals surface area contributed by atoms with Crippen molar-refractivity contribution in [3.63, 3.8) is 0 Å². The largest absolute Gasteiger partial charge is 0.457 e. The van der Waals surface area contributed by atoms with Crippen molar-refractivity contribution in [3.05, 3.63) is 0 Å². The summed E-state index contributed by atoms with van der Waals surface area (Å²) in [6, 6.07) is 0. The van der Waals surface area contributed by atoms with E-state index in [1.54, 1.807) is 20.8 Å². The molecule has 0 aromatic heterocycles. The van der Waals surface area contributed by atoms with Gasteiger partial charge in [0, 0.05) is 13.3 Å². The van der Waals surface area contributed by atoms with Crippen LogP contribution in [-0.2, 0) is 23.9 Å². The number of carbonyl (C=O) groups is 3. The quantitative estimate of drug-likeness (QED) is 0.391. The van der Waals surface area contributed by atoms with Gasteiger partial charge in [0.1, 0.15) is 5.60 Å². The van der Waals surface area contributed by atoms with Crippen LogP contribution in [0.1, 0.15) is 73.6 Å². The van der Waals surface area contributed by atoms with Gasteiger partial charge in [-0.15, -0.1) is 0 Å². The maximum absolute atomic E-state index is 12.4. The average molecular weight is 300 g/mol. The first-order valence-electron chi connectivity index (χ1n) is 7.49. The summed E-state index contributed by atoms with van der Waals surface area (Å²) in [7, 11) is 0. The summed E-state index contributed by atoms with van der Waals surface area (Å²) in [4.78, 5) is 35.8. The standard InChI is InChI=1S/C16H28O5/c1-7-8-9-10-11-16(12(2)17,20-13(3)18)14(19)21-15(4,5)6/h7-11H2,1-6H3. The first kappa shape index (κ1) is 19.6. The van der Waals surface area contributed by atoms with Gasteiger partial charge in [-0.05, 0) is 34.1 Å². The minimum atomic E-state index is -1.81. The molecule has 122 valence electrons. The van der Waals surface area contributed by atoms with Crippen molar-refractivity contribution in [2.24, 2.45) is 0 Å². The van der Waals surface area contributed by atoms with Crippen LogP contribution in [0.15, 0.2) is 0 Å². The highest BCUT2D eigenvalue weighted by atomic mass is 16.6. The number of Topliss-reactive ketones (excluding diaryl/α,β-unsaturated/α-hetero) is 1. The second-order valence-corrected chi connectivity index (χ2v) is 6.29. The molecule has 0 rings (SSSR count). The van der Waals surface area contributed by atoms with Gasteiger partial charge in [0.2, 0.25) is 0 Å². The topological polar surface area (TPSA) is 69.7 Å². The summed E-state index contributed by atoms with van der Waals surface area (Å²) >= 11 is 0. The van der Waals surface area contributed by atoms with Gasteiger partial charge in [-0.3, -0.25) is 9.59 Å². The summed E-state index contributed by atoms with van der Waals surface area (Å²) in [5.41, 5.74) is -2.56. The third-order valence-corrected chi connectivity index (χ3v) is 3.00. The number of esters is 2. The predicted octanol–water partition coefficient (Wildman–Crippen LogP) is 3.19. The fourth-order valence-electron chi connectivity index (χ4n) is 1.99. The van der Waals surface area contributed by atoms with E-state index in [0.717, 1.165) is 19.3 Å². The van der Waals surface area contributed by atoms with Crippen LogP contribution in [0.4, 0.5) is 0 Å². The maximum Gasteiger partial charge on any atom is 0.359 e. The number of carbonyl (C=O) groups excluding carboxylic acids is 3. The Hall–Kier alpha value is -1.39. The summed E-state index contributed by atoms with van der Waals surface area (Å²) in [5.74, 6) is -1.94. The van der Waals surface area contributed by atoms with Gasteiger partial charge in [0.05, 0.1) is 0 Å². The summed E-state index contributed by atoms with van der Waals surface area (Å²) < 4.78 is 10.4. The number of ether oxygens (including phenoxy) is 2. The minimum absolute atomic E-state index is 0.164. The van der Waals surface area contributed by atoms with E-state index in [2.05, 4.69) is 6.92 Å². The van der Waals surface area contributed by atoms with Gasteiger partial charge in [0.25, 0.3) is 5.60 Å². The molecular weight excluding hydrogens is 272 g/mol. The highest BCUT2D eigenvalue weighted by Crippen LogP contribution is 2.26. The maximum atomic E-state index is 12.4. The summed E-state index contributed by atoms with van der Waals surface area (Å²) in [6.07, 6.45) is 3.70. The number of hydrogen-bond donors (Lipinski definition) is 0. The molecule has 0 N–H and O–H groups in total. The molecule has 0 aliphatic carbocycles. The number of ketones is 1. The van der Waals surface area contributed by atoms with Crippen LogP contribution in [-0.4, -0.2) is 28.9 Å². The zero-order valence-electron chi connectivity index (χ0n) is 14.1. The Kier molecular flexibility index (Phi) is 7.61. The van der Waals surface area contributed by atoms with Gasteiger partial charge in [-0.2, -0.15) is 0 Å². The van der Waals surface area contributed by atoms with Crippen molar-refractivity contribution in [2.45, 2.75) is 84.8 Å².